The van der Waals surface area contributed by atoms with Gasteiger partial charge in [0.25, 0.3) is 5.56 Å². The minimum Gasteiger partial charge on any atom is -0.398 e. The quantitative estimate of drug-likeness (QED) is 0.388. The number of aromatic nitrogens is 6. The third-order valence-corrected chi connectivity index (χ3v) is 5.72. The maximum Gasteiger partial charge on any atom is 0.262 e. The van der Waals surface area contributed by atoms with Crippen LogP contribution in [0.2, 0.25) is 0 Å². The first-order valence-electron chi connectivity index (χ1n) is 11.0. The van der Waals surface area contributed by atoms with Gasteiger partial charge in [-0.25, -0.2) is 15.0 Å². The van der Waals surface area contributed by atoms with Crippen LogP contribution < -0.4 is 16.6 Å². The summed E-state index contributed by atoms with van der Waals surface area (Å²) in [6.07, 6.45) is 5.04. The summed E-state index contributed by atoms with van der Waals surface area (Å²) in [7, 11) is 1.78. The van der Waals surface area contributed by atoms with E-state index in [0.717, 1.165) is 12.8 Å². The molecule has 1 fully saturated rings. The SMILES string of the molecule is C[C@H](Nc1nccc(N)c1-c1ncn(C)n1)c1nc2cccc(C#CCO)c2c(=O)n1C1CC1. The van der Waals surface area contributed by atoms with Crippen LogP contribution in [0.3, 0.4) is 0 Å². The zero-order chi connectivity index (χ0) is 23.8. The molecule has 1 aliphatic carbocycles. The fraction of sp³-hybridized carbons (Fsp3) is 0.292. The number of pyridine rings is 1. The summed E-state index contributed by atoms with van der Waals surface area (Å²) in [6, 6.07) is 6.82. The molecule has 1 saturated carbocycles. The van der Waals surface area contributed by atoms with Crippen molar-refractivity contribution in [3.63, 3.8) is 0 Å². The van der Waals surface area contributed by atoms with Crippen molar-refractivity contribution in [3.05, 3.63) is 58.5 Å². The standard InChI is InChI=1S/C24H24N8O2/c1-14(28-21-20(17(25)10-11-26-21)22-27-13-31(2)30-22)23-29-18-7-3-5-15(6-4-12-33)19(18)24(34)32(23)16-8-9-16/h3,5,7,10-11,13-14,16,33H,8-9,12H2,1-2H3,(H3,25,26,28)/t14-/m0/s1. The van der Waals surface area contributed by atoms with Crippen LogP contribution in [0.5, 0.6) is 0 Å². The van der Waals surface area contributed by atoms with E-state index in [-0.39, 0.29) is 24.2 Å². The molecule has 0 aliphatic heterocycles. The van der Waals surface area contributed by atoms with Gasteiger partial charge in [0, 0.05) is 30.5 Å². The molecule has 0 bridgehead atoms. The van der Waals surface area contributed by atoms with Crippen LogP contribution in [0.25, 0.3) is 22.3 Å². The maximum absolute atomic E-state index is 13.6. The van der Waals surface area contributed by atoms with Gasteiger partial charge in [-0.3, -0.25) is 14.0 Å². The highest BCUT2D eigenvalue weighted by Gasteiger charge is 2.31. The number of nitrogens with two attached hydrogens (primary N) is 1. The van der Waals surface area contributed by atoms with Crippen molar-refractivity contribution in [2.45, 2.75) is 31.8 Å². The molecule has 3 heterocycles. The van der Waals surface area contributed by atoms with Gasteiger partial charge in [-0.05, 0) is 38.0 Å². The number of hydrogen-bond acceptors (Lipinski definition) is 8. The molecule has 4 N–H and O–H groups in total. The molecule has 0 amide bonds. The molecule has 1 atom stereocenters. The van der Waals surface area contributed by atoms with Gasteiger partial charge in [0.05, 0.1) is 22.5 Å². The highest BCUT2D eigenvalue weighted by Crippen LogP contribution is 2.37. The fourth-order valence-corrected chi connectivity index (χ4v) is 4.03. The zero-order valence-corrected chi connectivity index (χ0v) is 18.9. The number of aryl methyl sites for hydroxylation is 1. The summed E-state index contributed by atoms with van der Waals surface area (Å²) >= 11 is 0. The Kier molecular flexibility index (Phi) is 5.47. The molecule has 1 aromatic carbocycles. The highest BCUT2D eigenvalue weighted by atomic mass is 16.2. The molecule has 0 spiro atoms. The molecule has 0 unspecified atom stereocenters. The summed E-state index contributed by atoms with van der Waals surface area (Å²) in [4.78, 5) is 27.3. The van der Waals surface area contributed by atoms with Crippen molar-refractivity contribution in [1.82, 2.24) is 29.3 Å². The molecule has 5 rings (SSSR count). The van der Waals surface area contributed by atoms with Crippen LogP contribution >= 0.6 is 0 Å². The van der Waals surface area contributed by atoms with Crippen LogP contribution in [0.1, 0.15) is 43.2 Å². The van der Waals surface area contributed by atoms with E-state index in [0.29, 0.717) is 45.2 Å². The Balaban J connectivity index is 1.62. The van der Waals surface area contributed by atoms with Crippen molar-refractivity contribution < 1.29 is 5.11 Å². The molecule has 10 nitrogen and oxygen atoms in total. The zero-order valence-electron chi connectivity index (χ0n) is 18.9. The lowest BCUT2D eigenvalue weighted by Crippen LogP contribution is -2.28. The van der Waals surface area contributed by atoms with E-state index < -0.39 is 0 Å². The minimum atomic E-state index is -0.360. The van der Waals surface area contributed by atoms with E-state index in [9.17, 15) is 4.79 Å². The predicted molar refractivity (Wildman–Crippen MR) is 129 cm³/mol. The molecular weight excluding hydrogens is 432 g/mol. The summed E-state index contributed by atoms with van der Waals surface area (Å²) in [5.74, 6) is 7.09. The smallest absolute Gasteiger partial charge is 0.262 e. The van der Waals surface area contributed by atoms with Gasteiger partial charge in [-0.2, -0.15) is 5.10 Å². The first kappa shape index (κ1) is 21.6. The van der Waals surface area contributed by atoms with Crippen LogP contribution in [0.15, 0.2) is 41.6 Å². The molecule has 34 heavy (non-hydrogen) atoms. The number of hydrogen-bond donors (Lipinski definition) is 3. The minimum absolute atomic E-state index is 0.0910. The van der Waals surface area contributed by atoms with Crippen LogP contribution in [-0.4, -0.2) is 41.0 Å². The third kappa shape index (κ3) is 3.86. The monoisotopic (exact) mass is 456 g/mol. The molecule has 4 aromatic rings. The second kappa shape index (κ2) is 8.61. The van der Waals surface area contributed by atoms with E-state index in [4.69, 9.17) is 15.8 Å². The Hall–Kier alpha value is -4.23. The largest absolute Gasteiger partial charge is 0.398 e. The fourth-order valence-electron chi connectivity index (χ4n) is 4.03. The average molecular weight is 457 g/mol. The first-order valence-corrected chi connectivity index (χ1v) is 11.0. The van der Waals surface area contributed by atoms with Crippen LogP contribution in [-0.2, 0) is 7.05 Å². The summed E-state index contributed by atoms with van der Waals surface area (Å²) in [5, 5.41) is 17.3. The molecule has 1 aliphatic rings. The van der Waals surface area contributed by atoms with Crippen molar-refractivity contribution >= 4 is 22.4 Å². The van der Waals surface area contributed by atoms with E-state index in [1.165, 1.54) is 0 Å². The number of benzene rings is 1. The Morgan fingerprint density at radius 2 is 2.12 bits per heavy atom. The number of nitrogen functional groups attached to an aromatic ring is 1. The van der Waals surface area contributed by atoms with Gasteiger partial charge < -0.3 is 16.2 Å². The number of rotatable bonds is 5. The van der Waals surface area contributed by atoms with Gasteiger partial charge in [-0.15, -0.1) is 0 Å². The van der Waals surface area contributed by atoms with E-state index in [1.54, 1.807) is 47.0 Å². The molecule has 0 saturated heterocycles. The van der Waals surface area contributed by atoms with Crippen molar-refractivity contribution in [1.29, 1.82) is 0 Å². The lowest BCUT2D eigenvalue weighted by atomic mass is 10.1. The number of anilines is 2. The first-order chi connectivity index (χ1) is 16.5. The number of aliphatic hydroxyl groups excluding tert-OH is 1. The summed E-state index contributed by atoms with van der Waals surface area (Å²) in [6.45, 7) is 1.66. The van der Waals surface area contributed by atoms with Gasteiger partial charge in [0.2, 0.25) is 0 Å². The van der Waals surface area contributed by atoms with Crippen molar-refractivity contribution in [2.75, 3.05) is 17.7 Å². The topological polar surface area (TPSA) is 137 Å². The summed E-state index contributed by atoms with van der Waals surface area (Å²) in [5.41, 5.74) is 8.33. The lowest BCUT2D eigenvalue weighted by Gasteiger charge is -2.21. The number of fused-ring (bicyclic) bond motifs is 1. The van der Waals surface area contributed by atoms with Gasteiger partial charge in [-0.1, -0.05) is 17.9 Å². The van der Waals surface area contributed by atoms with Crippen LogP contribution in [0.4, 0.5) is 11.5 Å². The summed E-state index contributed by atoms with van der Waals surface area (Å²) < 4.78 is 3.36. The van der Waals surface area contributed by atoms with E-state index in [1.807, 2.05) is 13.0 Å². The molecule has 3 aromatic heterocycles. The maximum atomic E-state index is 13.6. The molecule has 10 heteroatoms. The van der Waals surface area contributed by atoms with E-state index >= 15 is 0 Å². The number of nitrogens with zero attached hydrogens (tertiary/aromatic N) is 6. The van der Waals surface area contributed by atoms with Crippen molar-refractivity contribution in [2.24, 2.45) is 7.05 Å². The number of nitrogens with one attached hydrogen (secondary N) is 1. The third-order valence-electron chi connectivity index (χ3n) is 5.72. The van der Waals surface area contributed by atoms with Gasteiger partial charge >= 0.3 is 0 Å². The second-order valence-corrected chi connectivity index (χ2v) is 8.27. The molecular formula is C24H24N8O2. The normalized spacial score (nSPS) is 14.0. The Labute approximate surface area is 195 Å². The average Bonchev–Trinajstić information content (AvgIpc) is 3.57. The second-order valence-electron chi connectivity index (χ2n) is 8.27. The number of aliphatic hydroxyl groups is 1. The Bertz CT molecular complexity index is 1510. The van der Waals surface area contributed by atoms with Gasteiger partial charge in [0.1, 0.15) is 24.6 Å². The predicted octanol–water partition coefficient (Wildman–Crippen LogP) is 2.02. The Morgan fingerprint density at radius 1 is 1.29 bits per heavy atom. The van der Waals surface area contributed by atoms with E-state index in [2.05, 4.69) is 32.2 Å². The lowest BCUT2D eigenvalue weighted by molar-refractivity contribution is 0.350. The Morgan fingerprint density at radius 3 is 2.82 bits per heavy atom. The molecule has 0 radical (unpaired) electrons. The van der Waals surface area contributed by atoms with Gasteiger partial charge in [0.15, 0.2) is 5.82 Å². The highest BCUT2D eigenvalue weighted by molar-refractivity contribution is 5.85. The molecule has 172 valence electrons. The van der Waals surface area contributed by atoms with Crippen molar-refractivity contribution in [3.8, 4) is 23.2 Å². The van der Waals surface area contributed by atoms with Crippen LogP contribution in [0, 0.1) is 11.8 Å².